The normalized spacial score (nSPS) is 12.4. The van der Waals surface area contributed by atoms with Crippen molar-refractivity contribution in [3.63, 3.8) is 0 Å². The Kier molecular flexibility index (Phi) is 6.46. The van der Waals surface area contributed by atoms with E-state index < -0.39 is 0 Å². The van der Waals surface area contributed by atoms with Crippen LogP contribution in [-0.4, -0.2) is 35.9 Å². The van der Waals surface area contributed by atoms with E-state index >= 15 is 0 Å². The van der Waals surface area contributed by atoms with Gasteiger partial charge < -0.3 is 9.88 Å². The van der Waals surface area contributed by atoms with E-state index in [1.807, 2.05) is 32.9 Å². The first-order valence-corrected chi connectivity index (χ1v) is 10.8. The van der Waals surface area contributed by atoms with Crippen molar-refractivity contribution in [1.82, 2.24) is 24.7 Å². The highest BCUT2D eigenvalue weighted by molar-refractivity contribution is 8.00. The minimum Gasteiger partial charge on any atom is -0.302 e. The van der Waals surface area contributed by atoms with Crippen molar-refractivity contribution in [2.45, 2.75) is 51.6 Å². The Morgan fingerprint density at radius 2 is 1.93 bits per heavy atom. The summed E-state index contributed by atoms with van der Waals surface area (Å²) >= 11 is 2.89. The minimum atomic E-state index is -0.329. The zero-order chi connectivity index (χ0) is 20.3. The van der Waals surface area contributed by atoms with E-state index in [2.05, 4.69) is 43.9 Å². The number of nitrogens with zero attached hydrogens (tertiary/aromatic N) is 5. The Morgan fingerprint density at radius 1 is 1.21 bits per heavy atom. The van der Waals surface area contributed by atoms with Gasteiger partial charge in [-0.05, 0) is 38.8 Å². The minimum absolute atomic E-state index is 0.0942. The number of pyridine rings is 1. The van der Waals surface area contributed by atoms with Crippen molar-refractivity contribution in [2.75, 3.05) is 5.32 Å². The lowest BCUT2D eigenvalue weighted by Crippen LogP contribution is -2.23. The van der Waals surface area contributed by atoms with Gasteiger partial charge in [-0.15, -0.1) is 21.5 Å². The average Bonchev–Trinajstić information content (AvgIpc) is 3.18. The Balaban J connectivity index is 1.78. The number of aromatic nitrogens is 5. The summed E-state index contributed by atoms with van der Waals surface area (Å²) in [5.41, 5.74) is 1.90. The van der Waals surface area contributed by atoms with E-state index in [-0.39, 0.29) is 11.2 Å². The van der Waals surface area contributed by atoms with Crippen LogP contribution in [0.25, 0.3) is 11.4 Å². The van der Waals surface area contributed by atoms with Crippen molar-refractivity contribution in [3.05, 3.63) is 35.1 Å². The summed E-state index contributed by atoms with van der Waals surface area (Å²) in [4.78, 5) is 22.2. The number of hydrogen-bond acceptors (Lipinski definition) is 7. The number of rotatable bonds is 7. The SMILES string of the molecule is Cc1nc(NC(=O)[C@@H](C)Sc2nnc(-c3ccncc3)n2CC(C)C)sc1C. The van der Waals surface area contributed by atoms with Crippen LogP contribution in [0.2, 0.25) is 0 Å². The molecule has 1 N–H and O–H groups in total. The Hall–Kier alpha value is -2.26. The van der Waals surface area contributed by atoms with E-state index in [0.29, 0.717) is 11.0 Å². The monoisotopic (exact) mass is 416 g/mol. The first-order valence-electron chi connectivity index (χ1n) is 9.10. The summed E-state index contributed by atoms with van der Waals surface area (Å²) < 4.78 is 2.08. The van der Waals surface area contributed by atoms with Crippen molar-refractivity contribution in [2.24, 2.45) is 5.92 Å². The summed E-state index contributed by atoms with van der Waals surface area (Å²) in [5.74, 6) is 1.11. The third kappa shape index (κ3) is 4.77. The van der Waals surface area contributed by atoms with E-state index in [1.165, 1.54) is 23.1 Å². The fourth-order valence-corrected chi connectivity index (χ4v) is 4.24. The number of carbonyl (C=O) groups excluding carboxylic acids is 1. The lowest BCUT2D eigenvalue weighted by Gasteiger charge is -2.14. The summed E-state index contributed by atoms with van der Waals surface area (Å²) in [5, 5.41) is 12.7. The lowest BCUT2D eigenvalue weighted by molar-refractivity contribution is -0.115. The molecule has 0 aromatic carbocycles. The highest BCUT2D eigenvalue weighted by Crippen LogP contribution is 2.29. The second-order valence-corrected chi connectivity index (χ2v) is 9.47. The number of amides is 1. The molecule has 3 aromatic heterocycles. The van der Waals surface area contributed by atoms with Crippen LogP contribution in [0.5, 0.6) is 0 Å². The van der Waals surface area contributed by atoms with E-state index in [1.54, 1.807) is 12.4 Å². The maximum Gasteiger partial charge on any atom is 0.239 e. The molecule has 3 aromatic rings. The van der Waals surface area contributed by atoms with Gasteiger partial charge in [0.25, 0.3) is 0 Å². The van der Waals surface area contributed by atoms with E-state index in [0.717, 1.165) is 33.7 Å². The molecule has 148 valence electrons. The van der Waals surface area contributed by atoms with Crippen LogP contribution in [-0.2, 0) is 11.3 Å². The van der Waals surface area contributed by atoms with Crippen molar-refractivity contribution >= 4 is 34.1 Å². The number of hydrogen-bond donors (Lipinski definition) is 1. The third-order valence-electron chi connectivity index (χ3n) is 4.11. The smallest absolute Gasteiger partial charge is 0.239 e. The van der Waals surface area contributed by atoms with Gasteiger partial charge in [0.1, 0.15) is 0 Å². The second kappa shape index (κ2) is 8.83. The predicted octanol–water partition coefficient (Wildman–Crippen LogP) is 4.19. The van der Waals surface area contributed by atoms with Crippen LogP contribution in [0.3, 0.4) is 0 Å². The highest BCUT2D eigenvalue weighted by atomic mass is 32.2. The molecule has 28 heavy (non-hydrogen) atoms. The van der Waals surface area contributed by atoms with Crippen LogP contribution >= 0.6 is 23.1 Å². The van der Waals surface area contributed by atoms with Gasteiger partial charge >= 0.3 is 0 Å². The lowest BCUT2D eigenvalue weighted by atomic mass is 10.2. The molecule has 9 heteroatoms. The Morgan fingerprint density at radius 3 is 2.54 bits per heavy atom. The van der Waals surface area contributed by atoms with Crippen LogP contribution in [0.4, 0.5) is 5.13 Å². The Labute approximate surface area is 173 Å². The summed E-state index contributed by atoms with van der Waals surface area (Å²) in [6, 6.07) is 3.83. The quantitative estimate of drug-likeness (QED) is 0.581. The van der Waals surface area contributed by atoms with Gasteiger partial charge in [-0.1, -0.05) is 25.6 Å². The first-order chi connectivity index (χ1) is 13.3. The molecule has 0 unspecified atom stereocenters. The number of thioether (sulfide) groups is 1. The number of thiazole rings is 1. The molecule has 1 atom stereocenters. The van der Waals surface area contributed by atoms with Gasteiger partial charge in [0.05, 0.1) is 10.9 Å². The summed E-state index contributed by atoms with van der Waals surface area (Å²) in [6.07, 6.45) is 3.48. The molecule has 0 saturated carbocycles. The number of anilines is 1. The molecule has 0 fully saturated rings. The molecule has 7 nitrogen and oxygen atoms in total. The molecule has 0 spiro atoms. The fraction of sp³-hybridized carbons (Fsp3) is 0.421. The molecule has 0 aliphatic heterocycles. The molecule has 1 amide bonds. The number of aryl methyl sites for hydroxylation is 2. The largest absolute Gasteiger partial charge is 0.302 e. The van der Waals surface area contributed by atoms with E-state index in [9.17, 15) is 4.79 Å². The molecule has 0 bridgehead atoms. The van der Waals surface area contributed by atoms with Gasteiger partial charge in [0.15, 0.2) is 16.1 Å². The number of nitrogens with one attached hydrogen (secondary N) is 1. The van der Waals surface area contributed by atoms with Crippen LogP contribution < -0.4 is 5.32 Å². The van der Waals surface area contributed by atoms with Gasteiger partial charge in [-0.3, -0.25) is 9.78 Å². The standard InChI is InChI=1S/C19H24N6OS2/c1-11(2)10-25-16(15-6-8-20-9-7-15)23-24-19(25)28-14(5)17(26)22-18-21-12(3)13(4)27-18/h6-9,11,14H,10H2,1-5H3,(H,21,22,26)/t14-/m1/s1. The van der Waals surface area contributed by atoms with Crippen LogP contribution in [0.1, 0.15) is 31.3 Å². The molecule has 0 aliphatic rings. The highest BCUT2D eigenvalue weighted by Gasteiger charge is 2.22. The number of carbonyl (C=O) groups is 1. The summed E-state index contributed by atoms with van der Waals surface area (Å²) in [6.45, 7) is 10.9. The van der Waals surface area contributed by atoms with Crippen LogP contribution in [0, 0.1) is 19.8 Å². The van der Waals surface area contributed by atoms with Crippen molar-refractivity contribution in [1.29, 1.82) is 0 Å². The molecule has 3 rings (SSSR count). The first kappa shape index (κ1) is 20.5. The second-order valence-electron chi connectivity index (χ2n) is 6.96. The molecule has 0 saturated heterocycles. The molecule has 0 aliphatic carbocycles. The van der Waals surface area contributed by atoms with Gasteiger partial charge in [-0.2, -0.15) is 0 Å². The fourth-order valence-electron chi connectivity index (χ4n) is 2.57. The molecular weight excluding hydrogens is 392 g/mol. The predicted molar refractivity (Wildman–Crippen MR) is 114 cm³/mol. The molecule has 0 radical (unpaired) electrons. The molecular formula is C19H24N6OS2. The van der Waals surface area contributed by atoms with Crippen molar-refractivity contribution in [3.8, 4) is 11.4 Å². The van der Waals surface area contributed by atoms with E-state index in [4.69, 9.17) is 0 Å². The zero-order valence-electron chi connectivity index (χ0n) is 16.6. The van der Waals surface area contributed by atoms with Gasteiger partial charge in [0, 0.05) is 29.4 Å². The topological polar surface area (TPSA) is 85.6 Å². The molecule has 3 heterocycles. The summed E-state index contributed by atoms with van der Waals surface area (Å²) in [7, 11) is 0. The maximum absolute atomic E-state index is 12.6. The van der Waals surface area contributed by atoms with Crippen molar-refractivity contribution < 1.29 is 4.79 Å². The van der Waals surface area contributed by atoms with Gasteiger partial charge in [-0.25, -0.2) is 4.98 Å². The third-order valence-corrected chi connectivity index (χ3v) is 6.18. The maximum atomic E-state index is 12.6. The van der Waals surface area contributed by atoms with Gasteiger partial charge in [0.2, 0.25) is 5.91 Å². The zero-order valence-corrected chi connectivity index (χ0v) is 18.3. The van der Waals surface area contributed by atoms with Crippen LogP contribution in [0.15, 0.2) is 29.7 Å². The average molecular weight is 417 g/mol. The Bertz CT molecular complexity index is 931.